The molecule has 2 rings (SSSR count). The number of carbonyl (C=O) groups excluding carboxylic acids is 1. The summed E-state index contributed by atoms with van der Waals surface area (Å²) in [5.41, 5.74) is 0.526. The fourth-order valence-corrected chi connectivity index (χ4v) is 2.64. The van der Waals surface area contributed by atoms with Crippen molar-refractivity contribution in [3.8, 4) is 11.8 Å². The largest absolute Gasteiger partial charge is 0.489 e. The lowest BCUT2D eigenvalue weighted by atomic mass is 9.92. The maximum Gasteiger partial charge on any atom is 0.252 e. The normalized spacial score (nSPS) is 12.9. The van der Waals surface area contributed by atoms with E-state index in [1.165, 1.54) is 0 Å². The summed E-state index contributed by atoms with van der Waals surface area (Å²) < 4.78 is 5.72. The first kappa shape index (κ1) is 18.5. The van der Waals surface area contributed by atoms with Gasteiger partial charge in [0, 0.05) is 23.5 Å². The van der Waals surface area contributed by atoms with Crippen molar-refractivity contribution in [2.24, 2.45) is 5.92 Å². The van der Waals surface area contributed by atoms with Gasteiger partial charge in [-0.1, -0.05) is 26.0 Å². The molecular weight excluding hydrogens is 314 g/mol. The lowest BCUT2D eigenvalue weighted by Crippen LogP contribution is -2.45. The van der Waals surface area contributed by atoms with Crippen LogP contribution in [0, 0.1) is 17.2 Å². The van der Waals surface area contributed by atoms with Crippen LogP contribution in [0.4, 0.5) is 0 Å². The van der Waals surface area contributed by atoms with Gasteiger partial charge in [0.15, 0.2) is 0 Å². The second-order valence-electron chi connectivity index (χ2n) is 6.67. The van der Waals surface area contributed by atoms with Crippen LogP contribution in [0.2, 0.25) is 0 Å². The third-order valence-electron chi connectivity index (χ3n) is 3.68. The molecule has 1 heterocycles. The second kappa shape index (κ2) is 8.29. The van der Waals surface area contributed by atoms with Crippen LogP contribution in [0.15, 0.2) is 48.8 Å². The summed E-state index contributed by atoms with van der Waals surface area (Å²) in [5.74, 6) is 0.620. The van der Waals surface area contributed by atoms with Crippen LogP contribution < -0.4 is 10.1 Å². The van der Waals surface area contributed by atoms with E-state index in [0.717, 1.165) is 5.56 Å². The highest BCUT2D eigenvalue weighted by Gasteiger charge is 2.27. The molecule has 5 heteroatoms. The molecule has 0 spiro atoms. The minimum atomic E-state index is -0.891. The summed E-state index contributed by atoms with van der Waals surface area (Å²) in [6.07, 6.45) is 4.03. The fourth-order valence-electron chi connectivity index (χ4n) is 2.64. The number of nitrogens with one attached hydrogen (secondary N) is 1. The summed E-state index contributed by atoms with van der Waals surface area (Å²) in [6.45, 7) is 6.17. The first-order valence-corrected chi connectivity index (χ1v) is 8.27. The van der Waals surface area contributed by atoms with Crippen LogP contribution >= 0.6 is 0 Å². The van der Waals surface area contributed by atoms with E-state index < -0.39 is 5.54 Å². The van der Waals surface area contributed by atoms with Crippen molar-refractivity contribution < 1.29 is 9.53 Å². The van der Waals surface area contributed by atoms with Gasteiger partial charge in [-0.3, -0.25) is 9.78 Å². The van der Waals surface area contributed by atoms with Crippen LogP contribution in [0.3, 0.4) is 0 Å². The summed E-state index contributed by atoms with van der Waals surface area (Å²) in [6, 6.07) is 12.9. The molecule has 0 aliphatic carbocycles. The smallest absolute Gasteiger partial charge is 0.252 e. The van der Waals surface area contributed by atoms with Gasteiger partial charge >= 0.3 is 0 Å². The van der Waals surface area contributed by atoms with E-state index in [9.17, 15) is 10.1 Å². The Bertz CT molecular complexity index is 753. The van der Waals surface area contributed by atoms with Crippen molar-refractivity contribution in [3.63, 3.8) is 0 Å². The van der Waals surface area contributed by atoms with Gasteiger partial charge in [-0.25, -0.2) is 0 Å². The zero-order valence-corrected chi connectivity index (χ0v) is 14.8. The van der Waals surface area contributed by atoms with Gasteiger partial charge in [0.05, 0.1) is 6.07 Å². The number of rotatable bonds is 7. The van der Waals surface area contributed by atoms with E-state index in [4.69, 9.17) is 4.74 Å². The minimum absolute atomic E-state index is 0.281. The fraction of sp³-hybridized carbons (Fsp3) is 0.350. The molecule has 0 radical (unpaired) electrons. The number of benzene rings is 1. The molecule has 130 valence electrons. The average molecular weight is 337 g/mol. The Kier molecular flexibility index (Phi) is 6.13. The van der Waals surface area contributed by atoms with Crippen LogP contribution in [-0.4, -0.2) is 16.4 Å². The summed E-state index contributed by atoms with van der Waals surface area (Å²) in [7, 11) is 0. The van der Waals surface area contributed by atoms with Crippen LogP contribution in [0.5, 0.6) is 5.75 Å². The molecule has 1 atom stereocenters. The van der Waals surface area contributed by atoms with E-state index in [2.05, 4.69) is 16.4 Å². The van der Waals surface area contributed by atoms with E-state index in [1.54, 1.807) is 43.6 Å². The average Bonchev–Trinajstić information content (AvgIpc) is 2.60. The highest BCUT2D eigenvalue weighted by molar-refractivity contribution is 5.95. The second-order valence-corrected chi connectivity index (χ2v) is 6.67. The Morgan fingerprint density at radius 2 is 2.16 bits per heavy atom. The molecule has 1 aromatic heterocycles. The standard InChI is InChI=1S/C20H23N3O2/c1-15(2)11-20(3,14-21)23-19(24)17-7-4-8-18(10-17)25-13-16-6-5-9-22-12-16/h4-10,12,15H,11,13H2,1-3H3,(H,23,24). The van der Waals surface area contributed by atoms with Crippen molar-refractivity contribution in [1.29, 1.82) is 5.26 Å². The maximum atomic E-state index is 12.5. The Labute approximate surface area is 148 Å². The highest BCUT2D eigenvalue weighted by atomic mass is 16.5. The zero-order chi connectivity index (χ0) is 18.3. The van der Waals surface area contributed by atoms with E-state index in [0.29, 0.717) is 30.3 Å². The molecule has 0 saturated heterocycles. The first-order chi connectivity index (χ1) is 11.9. The highest BCUT2D eigenvalue weighted by Crippen LogP contribution is 2.19. The van der Waals surface area contributed by atoms with Gasteiger partial charge in [0.1, 0.15) is 17.9 Å². The van der Waals surface area contributed by atoms with Crippen molar-refractivity contribution in [1.82, 2.24) is 10.3 Å². The van der Waals surface area contributed by atoms with E-state index in [1.807, 2.05) is 26.0 Å². The Balaban J connectivity index is 2.04. The summed E-state index contributed by atoms with van der Waals surface area (Å²) in [4.78, 5) is 16.5. The van der Waals surface area contributed by atoms with Crippen molar-refractivity contribution in [3.05, 3.63) is 59.9 Å². The SMILES string of the molecule is CC(C)CC(C)(C#N)NC(=O)c1cccc(OCc2cccnc2)c1. The molecule has 1 N–H and O–H groups in total. The number of hydrogen-bond donors (Lipinski definition) is 1. The van der Waals surface area contributed by atoms with Gasteiger partial charge < -0.3 is 10.1 Å². The van der Waals surface area contributed by atoms with Crippen molar-refractivity contribution >= 4 is 5.91 Å². The quantitative estimate of drug-likeness (QED) is 0.835. The molecule has 0 aliphatic heterocycles. The molecule has 1 aromatic carbocycles. The predicted molar refractivity (Wildman–Crippen MR) is 96.0 cm³/mol. The van der Waals surface area contributed by atoms with Gasteiger partial charge in [-0.05, 0) is 43.5 Å². The van der Waals surface area contributed by atoms with Crippen LogP contribution in [-0.2, 0) is 6.61 Å². The van der Waals surface area contributed by atoms with Crippen LogP contribution in [0.1, 0.15) is 43.1 Å². The molecule has 5 nitrogen and oxygen atoms in total. The topological polar surface area (TPSA) is 75.0 Å². The number of ether oxygens (including phenoxy) is 1. The van der Waals surface area contributed by atoms with E-state index in [-0.39, 0.29) is 5.91 Å². The monoisotopic (exact) mass is 337 g/mol. The number of pyridine rings is 1. The minimum Gasteiger partial charge on any atom is -0.489 e. The first-order valence-electron chi connectivity index (χ1n) is 8.27. The predicted octanol–water partition coefficient (Wildman–Crippen LogP) is 3.72. The Hall–Kier alpha value is -2.87. The van der Waals surface area contributed by atoms with Crippen molar-refractivity contribution in [2.75, 3.05) is 0 Å². The molecule has 1 unspecified atom stereocenters. The Morgan fingerprint density at radius 1 is 1.36 bits per heavy atom. The van der Waals surface area contributed by atoms with Crippen molar-refractivity contribution in [2.45, 2.75) is 39.3 Å². The zero-order valence-electron chi connectivity index (χ0n) is 14.8. The molecular formula is C20H23N3O2. The molecule has 0 aliphatic rings. The summed E-state index contributed by atoms with van der Waals surface area (Å²) in [5, 5.41) is 12.2. The lowest BCUT2D eigenvalue weighted by Gasteiger charge is -2.25. The molecule has 25 heavy (non-hydrogen) atoms. The number of aromatic nitrogens is 1. The third-order valence-corrected chi connectivity index (χ3v) is 3.68. The number of hydrogen-bond acceptors (Lipinski definition) is 4. The maximum absolute atomic E-state index is 12.5. The van der Waals surface area contributed by atoms with Gasteiger partial charge in [-0.2, -0.15) is 5.26 Å². The third kappa shape index (κ3) is 5.61. The molecule has 1 amide bonds. The number of nitriles is 1. The molecule has 2 aromatic rings. The van der Waals surface area contributed by atoms with Gasteiger partial charge in [0.2, 0.25) is 0 Å². The number of amides is 1. The van der Waals surface area contributed by atoms with Gasteiger partial charge in [-0.15, -0.1) is 0 Å². The summed E-state index contributed by atoms with van der Waals surface area (Å²) >= 11 is 0. The van der Waals surface area contributed by atoms with Crippen LogP contribution in [0.25, 0.3) is 0 Å². The lowest BCUT2D eigenvalue weighted by molar-refractivity contribution is 0.0917. The molecule has 0 saturated carbocycles. The number of nitrogens with zero attached hydrogens (tertiary/aromatic N) is 2. The van der Waals surface area contributed by atoms with E-state index >= 15 is 0 Å². The molecule has 0 bridgehead atoms. The molecule has 0 fully saturated rings. The van der Waals surface area contributed by atoms with Gasteiger partial charge in [0.25, 0.3) is 5.91 Å². The number of carbonyl (C=O) groups is 1. The Morgan fingerprint density at radius 3 is 2.80 bits per heavy atom.